The number of thiophene rings is 1. The van der Waals surface area contributed by atoms with Crippen LogP contribution in [-0.4, -0.2) is 47.3 Å². The molecule has 0 spiro atoms. The molecule has 0 saturated carbocycles. The second-order valence-electron chi connectivity index (χ2n) is 5.47. The Hall–Kier alpha value is -2.51. The van der Waals surface area contributed by atoms with Gasteiger partial charge >= 0.3 is 5.97 Å². The number of hydrogen-bond acceptors (Lipinski definition) is 6. The largest absolute Gasteiger partial charge is 0.477 e. The average molecular weight is 341 g/mol. The third-order valence-electron chi connectivity index (χ3n) is 3.93. The van der Waals surface area contributed by atoms with E-state index in [9.17, 15) is 9.90 Å². The van der Waals surface area contributed by atoms with Gasteiger partial charge in [-0.3, -0.25) is 0 Å². The Morgan fingerprint density at radius 2 is 1.92 bits per heavy atom. The Morgan fingerprint density at radius 3 is 2.62 bits per heavy atom. The minimum Gasteiger partial charge on any atom is -0.477 e. The van der Waals surface area contributed by atoms with Crippen molar-refractivity contribution < 1.29 is 14.6 Å². The molecule has 122 valence electrons. The topological polar surface area (TPSA) is 75.5 Å². The van der Waals surface area contributed by atoms with Gasteiger partial charge in [-0.15, -0.1) is 11.3 Å². The first-order valence-electron chi connectivity index (χ1n) is 7.65. The molecule has 4 rings (SSSR count). The van der Waals surface area contributed by atoms with Crippen molar-refractivity contribution in [3.05, 3.63) is 41.3 Å². The van der Waals surface area contributed by atoms with Crippen LogP contribution in [0.2, 0.25) is 0 Å². The van der Waals surface area contributed by atoms with E-state index in [1.807, 2.05) is 30.3 Å². The molecular formula is C17H15N3O3S. The molecule has 1 saturated heterocycles. The number of aromatic carboxylic acids is 1. The summed E-state index contributed by atoms with van der Waals surface area (Å²) < 4.78 is 5.41. The molecule has 24 heavy (non-hydrogen) atoms. The highest BCUT2D eigenvalue weighted by Gasteiger charge is 2.21. The van der Waals surface area contributed by atoms with Crippen molar-refractivity contribution in [2.24, 2.45) is 0 Å². The van der Waals surface area contributed by atoms with Crippen molar-refractivity contribution in [1.29, 1.82) is 0 Å². The van der Waals surface area contributed by atoms with Crippen LogP contribution in [0, 0.1) is 0 Å². The normalized spacial score (nSPS) is 14.9. The van der Waals surface area contributed by atoms with E-state index in [0.29, 0.717) is 23.9 Å². The number of morpholine rings is 1. The van der Waals surface area contributed by atoms with E-state index < -0.39 is 5.97 Å². The maximum atomic E-state index is 11.3. The average Bonchev–Trinajstić information content (AvgIpc) is 3.07. The molecule has 1 fully saturated rings. The molecule has 3 aromatic rings. The van der Waals surface area contributed by atoms with E-state index in [1.165, 1.54) is 11.3 Å². The van der Waals surface area contributed by atoms with Gasteiger partial charge in [0, 0.05) is 18.7 Å². The molecule has 7 heteroatoms. The van der Waals surface area contributed by atoms with Crippen LogP contribution in [0.25, 0.3) is 21.6 Å². The quantitative estimate of drug-likeness (QED) is 0.789. The van der Waals surface area contributed by atoms with Crippen molar-refractivity contribution in [3.8, 4) is 11.4 Å². The molecule has 1 N–H and O–H groups in total. The first kappa shape index (κ1) is 15.0. The zero-order valence-corrected chi connectivity index (χ0v) is 13.6. The van der Waals surface area contributed by atoms with E-state index in [0.717, 1.165) is 29.9 Å². The zero-order valence-electron chi connectivity index (χ0n) is 12.8. The third kappa shape index (κ3) is 2.72. The third-order valence-corrected chi connectivity index (χ3v) is 4.94. The number of nitrogens with zero attached hydrogens (tertiary/aromatic N) is 3. The van der Waals surface area contributed by atoms with Gasteiger partial charge < -0.3 is 14.7 Å². The number of carboxylic acid groups (broad SMARTS) is 1. The number of fused-ring (bicyclic) bond motifs is 1. The van der Waals surface area contributed by atoms with Gasteiger partial charge in [0.25, 0.3) is 0 Å². The molecule has 0 bridgehead atoms. The first-order valence-corrected chi connectivity index (χ1v) is 8.47. The van der Waals surface area contributed by atoms with Gasteiger partial charge in [-0.2, -0.15) is 0 Å². The van der Waals surface area contributed by atoms with Crippen molar-refractivity contribution in [1.82, 2.24) is 9.97 Å². The molecule has 6 nitrogen and oxygen atoms in total. The fourth-order valence-electron chi connectivity index (χ4n) is 2.74. The summed E-state index contributed by atoms with van der Waals surface area (Å²) in [6, 6.07) is 11.4. The molecule has 3 heterocycles. The predicted octanol–water partition coefficient (Wildman–Crippen LogP) is 2.89. The molecular weight excluding hydrogens is 326 g/mol. The van der Waals surface area contributed by atoms with E-state index >= 15 is 0 Å². The van der Waals surface area contributed by atoms with E-state index in [-0.39, 0.29) is 4.88 Å². The van der Waals surface area contributed by atoms with Gasteiger partial charge in [0.1, 0.15) is 15.5 Å². The predicted molar refractivity (Wildman–Crippen MR) is 92.8 cm³/mol. The maximum Gasteiger partial charge on any atom is 0.345 e. The summed E-state index contributed by atoms with van der Waals surface area (Å²) in [5.74, 6) is 0.460. The van der Waals surface area contributed by atoms with Gasteiger partial charge in [0.05, 0.1) is 18.6 Å². The molecule has 1 aliphatic rings. The summed E-state index contributed by atoms with van der Waals surface area (Å²) in [6.07, 6.45) is 0. The zero-order chi connectivity index (χ0) is 16.5. The fraction of sp³-hybridized carbons (Fsp3) is 0.235. The molecule has 1 aliphatic heterocycles. The second-order valence-corrected chi connectivity index (χ2v) is 6.50. The summed E-state index contributed by atoms with van der Waals surface area (Å²) in [4.78, 5) is 23.8. The van der Waals surface area contributed by atoms with Crippen LogP contribution in [0.3, 0.4) is 0 Å². The monoisotopic (exact) mass is 341 g/mol. The standard InChI is InChI=1S/C17H15N3O3S/c21-17(22)13-10-12-15(20-6-8-23-9-7-20)18-14(19-16(12)24-13)11-4-2-1-3-5-11/h1-5,10H,6-9H2,(H,21,22). The second kappa shape index (κ2) is 6.18. The molecule has 0 unspecified atom stereocenters. The van der Waals surface area contributed by atoms with Crippen LogP contribution in [0.4, 0.5) is 5.82 Å². The summed E-state index contributed by atoms with van der Waals surface area (Å²) in [7, 11) is 0. The maximum absolute atomic E-state index is 11.3. The minimum atomic E-state index is -0.938. The van der Waals surface area contributed by atoms with Crippen molar-refractivity contribution >= 4 is 33.3 Å². The fourth-order valence-corrected chi connectivity index (χ4v) is 3.61. The van der Waals surface area contributed by atoms with Gasteiger partial charge in [-0.05, 0) is 6.07 Å². The number of rotatable bonds is 3. The number of hydrogen-bond donors (Lipinski definition) is 1. The lowest BCUT2D eigenvalue weighted by Crippen LogP contribution is -2.37. The number of carboxylic acids is 1. The SMILES string of the molecule is O=C(O)c1cc2c(N3CCOCC3)nc(-c3ccccc3)nc2s1. The summed E-state index contributed by atoms with van der Waals surface area (Å²) in [5, 5.41) is 10.1. The highest BCUT2D eigenvalue weighted by Crippen LogP contribution is 2.33. The Kier molecular flexibility index (Phi) is 3.87. The minimum absolute atomic E-state index is 0.277. The Labute approximate surface area is 142 Å². The Bertz CT molecular complexity index is 889. The van der Waals surface area contributed by atoms with E-state index in [1.54, 1.807) is 6.07 Å². The van der Waals surface area contributed by atoms with Gasteiger partial charge in [0.2, 0.25) is 0 Å². The molecule has 0 amide bonds. The molecule has 0 aliphatic carbocycles. The summed E-state index contributed by atoms with van der Waals surface area (Å²) in [6.45, 7) is 2.75. The van der Waals surface area contributed by atoms with E-state index in [2.05, 4.69) is 9.88 Å². The van der Waals surface area contributed by atoms with Crippen molar-refractivity contribution in [2.75, 3.05) is 31.2 Å². The smallest absolute Gasteiger partial charge is 0.345 e. The molecule has 0 radical (unpaired) electrons. The van der Waals surface area contributed by atoms with Crippen LogP contribution < -0.4 is 4.90 Å². The van der Waals surface area contributed by atoms with Crippen molar-refractivity contribution in [3.63, 3.8) is 0 Å². The molecule has 1 aromatic carbocycles. The number of carbonyl (C=O) groups is 1. The molecule has 0 atom stereocenters. The highest BCUT2D eigenvalue weighted by atomic mass is 32.1. The van der Waals surface area contributed by atoms with Crippen LogP contribution in [0.1, 0.15) is 9.67 Å². The molecule has 2 aromatic heterocycles. The Morgan fingerprint density at radius 1 is 1.17 bits per heavy atom. The first-order chi connectivity index (χ1) is 11.7. The van der Waals surface area contributed by atoms with E-state index in [4.69, 9.17) is 9.72 Å². The van der Waals surface area contributed by atoms with Crippen LogP contribution in [0.15, 0.2) is 36.4 Å². The number of benzene rings is 1. The van der Waals surface area contributed by atoms with Crippen molar-refractivity contribution in [2.45, 2.75) is 0 Å². The highest BCUT2D eigenvalue weighted by molar-refractivity contribution is 7.20. The van der Waals surface area contributed by atoms with Gasteiger partial charge in [-0.25, -0.2) is 14.8 Å². The van der Waals surface area contributed by atoms with Gasteiger partial charge in [0.15, 0.2) is 5.82 Å². The lowest BCUT2D eigenvalue weighted by molar-refractivity contribution is 0.0702. The lowest BCUT2D eigenvalue weighted by atomic mass is 10.2. The van der Waals surface area contributed by atoms with Crippen LogP contribution in [-0.2, 0) is 4.74 Å². The van der Waals surface area contributed by atoms with Gasteiger partial charge in [-0.1, -0.05) is 30.3 Å². The van der Waals surface area contributed by atoms with Crippen LogP contribution >= 0.6 is 11.3 Å². The lowest BCUT2D eigenvalue weighted by Gasteiger charge is -2.28. The Balaban J connectivity index is 1.90. The summed E-state index contributed by atoms with van der Waals surface area (Å²) >= 11 is 1.18. The number of ether oxygens (including phenoxy) is 1. The van der Waals surface area contributed by atoms with Crippen LogP contribution in [0.5, 0.6) is 0 Å². The number of aromatic nitrogens is 2. The number of anilines is 1. The summed E-state index contributed by atoms with van der Waals surface area (Å²) in [5.41, 5.74) is 0.916.